The number of aryl methyl sites for hydroxylation is 1. The van der Waals surface area contributed by atoms with Gasteiger partial charge < -0.3 is 10.4 Å². The van der Waals surface area contributed by atoms with Crippen LogP contribution in [-0.2, 0) is 9.59 Å². The fourth-order valence-corrected chi connectivity index (χ4v) is 0.911. The number of rotatable bonds is 3. The van der Waals surface area contributed by atoms with Crippen LogP contribution in [0.3, 0.4) is 0 Å². The van der Waals surface area contributed by atoms with E-state index >= 15 is 0 Å². The van der Waals surface area contributed by atoms with E-state index in [2.05, 4.69) is 10.3 Å². The Labute approximate surface area is 93.5 Å². The van der Waals surface area contributed by atoms with Crippen LogP contribution in [0.5, 0.6) is 0 Å². The predicted molar refractivity (Wildman–Crippen MR) is 59.0 cm³/mol. The van der Waals surface area contributed by atoms with Gasteiger partial charge in [-0.25, -0.2) is 4.98 Å². The number of hydrogen-bond acceptors (Lipinski definition) is 3. The van der Waals surface area contributed by atoms with Crippen LogP contribution in [0.15, 0.2) is 18.3 Å². The predicted octanol–water partition coefficient (Wildman–Crippen LogP) is 1.44. The maximum atomic E-state index is 11.6. The molecule has 1 aromatic rings. The number of carbonyl (C=O) groups excluding carboxylic acids is 1. The summed E-state index contributed by atoms with van der Waals surface area (Å²) in [5, 5.41) is 11.3. The van der Waals surface area contributed by atoms with Crippen LogP contribution in [0.4, 0.5) is 5.82 Å². The van der Waals surface area contributed by atoms with Crippen LogP contribution in [0.25, 0.3) is 0 Å². The third-order valence-corrected chi connectivity index (χ3v) is 2.26. The fraction of sp³-hybridized carbons (Fsp3) is 0.364. The number of amides is 1. The van der Waals surface area contributed by atoms with Gasteiger partial charge in [0, 0.05) is 6.20 Å². The minimum Gasteiger partial charge on any atom is -0.480 e. The highest BCUT2D eigenvalue weighted by Gasteiger charge is 2.36. The van der Waals surface area contributed by atoms with Crippen molar-refractivity contribution in [2.24, 2.45) is 5.41 Å². The van der Waals surface area contributed by atoms with E-state index in [4.69, 9.17) is 5.11 Å². The zero-order chi connectivity index (χ0) is 12.3. The third kappa shape index (κ3) is 2.56. The molecule has 0 bridgehead atoms. The summed E-state index contributed by atoms with van der Waals surface area (Å²) >= 11 is 0. The van der Waals surface area contributed by atoms with E-state index in [1.165, 1.54) is 13.8 Å². The highest BCUT2D eigenvalue weighted by atomic mass is 16.4. The molecule has 0 radical (unpaired) electrons. The summed E-state index contributed by atoms with van der Waals surface area (Å²) in [6.07, 6.45) is 1.60. The molecule has 16 heavy (non-hydrogen) atoms. The Morgan fingerprint density at radius 2 is 2.00 bits per heavy atom. The number of hydrogen-bond donors (Lipinski definition) is 2. The number of carbonyl (C=O) groups is 2. The van der Waals surface area contributed by atoms with Gasteiger partial charge in [-0.2, -0.15) is 0 Å². The van der Waals surface area contributed by atoms with Crippen molar-refractivity contribution in [1.82, 2.24) is 4.98 Å². The number of pyridine rings is 1. The fourth-order valence-electron chi connectivity index (χ4n) is 0.911. The quantitative estimate of drug-likeness (QED) is 0.758. The van der Waals surface area contributed by atoms with E-state index in [1.807, 2.05) is 6.92 Å². The Bertz CT molecular complexity index is 410. The number of nitrogens with zero attached hydrogens (tertiary/aromatic N) is 1. The normalized spacial score (nSPS) is 10.9. The number of nitrogens with one attached hydrogen (secondary N) is 1. The average molecular weight is 222 g/mol. The van der Waals surface area contributed by atoms with E-state index in [1.54, 1.807) is 18.3 Å². The second-order valence-corrected chi connectivity index (χ2v) is 4.11. The molecule has 0 unspecified atom stereocenters. The average Bonchev–Trinajstić information content (AvgIpc) is 2.21. The van der Waals surface area contributed by atoms with Gasteiger partial charge in [0.05, 0.1) is 0 Å². The zero-order valence-corrected chi connectivity index (χ0v) is 9.44. The maximum absolute atomic E-state index is 11.6. The summed E-state index contributed by atoms with van der Waals surface area (Å²) in [6.45, 7) is 4.57. The van der Waals surface area contributed by atoms with Crippen molar-refractivity contribution in [3.63, 3.8) is 0 Å². The van der Waals surface area contributed by atoms with Gasteiger partial charge in [0.2, 0.25) is 5.91 Å². The van der Waals surface area contributed by atoms with Gasteiger partial charge in [0.15, 0.2) is 0 Å². The lowest BCUT2D eigenvalue weighted by Crippen LogP contribution is -2.38. The molecule has 5 nitrogen and oxygen atoms in total. The number of aromatic nitrogens is 1. The molecule has 5 heteroatoms. The first-order valence-corrected chi connectivity index (χ1v) is 4.81. The van der Waals surface area contributed by atoms with Crippen molar-refractivity contribution in [1.29, 1.82) is 0 Å². The second-order valence-electron chi connectivity index (χ2n) is 4.11. The van der Waals surface area contributed by atoms with E-state index in [9.17, 15) is 9.59 Å². The molecule has 0 saturated heterocycles. The van der Waals surface area contributed by atoms with Crippen LogP contribution in [0.1, 0.15) is 19.4 Å². The van der Waals surface area contributed by atoms with Crippen molar-refractivity contribution in [2.45, 2.75) is 20.8 Å². The molecule has 0 aliphatic heterocycles. The molecule has 0 aliphatic carbocycles. The minimum absolute atomic E-state index is 0.352. The molecule has 2 N–H and O–H groups in total. The van der Waals surface area contributed by atoms with Crippen molar-refractivity contribution >= 4 is 17.7 Å². The molecule has 0 saturated carbocycles. The Kier molecular flexibility index (Phi) is 3.27. The van der Waals surface area contributed by atoms with Crippen LogP contribution in [-0.4, -0.2) is 22.0 Å². The van der Waals surface area contributed by atoms with Crippen LogP contribution >= 0.6 is 0 Å². The van der Waals surface area contributed by atoms with Crippen LogP contribution in [0.2, 0.25) is 0 Å². The first-order chi connectivity index (χ1) is 7.34. The third-order valence-electron chi connectivity index (χ3n) is 2.26. The molecule has 86 valence electrons. The number of anilines is 1. The Morgan fingerprint density at radius 1 is 1.38 bits per heavy atom. The minimum atomic E-state index is -1.47. The number of carboxylic acids is 1. The standard InChI is InChI=1S/C11H14N2O3/c1-7-4-5-8(12-6-7)13-9(14)11(2,3)10(15)16/h4-6H,1-3H3,(H,15,16)(H,12,13,14). The van der Waals surface area contributed by atoms with E-state index in [-0.39, 0.29) is 0 Å². The molecular formula is C11H14N2O3. The van der Waals surface area contributed by atoms with Gasteiger partial charge in [0.1, 0.15) is 11.2 Å². The molecule has 1 aromatic heterocycles. The number of aliphatic carboxylic acids is 1. The second kappa shape index (κ2) is 4.30. The van der Waals surface area contributed by atoms with Gasteiger partial charge >= 0.3 is 5.97 Å². The highest BCUT2D eigenvalue weighted by molar-refractivity contribution is 6.07. The molecule has 1 heterocycles. The van der Waals surface area contributed by atoms with Crippen LogP contribution in [0, 0.1) is 12.3 Å². The number of carboxylic acid groups (broad SMARTS) is 1. The molecule has 1 rings (SSSR count). The monoisotopic (exact) mass is 222 g/mol. The van der Waals surface area contributed by atoms with Gasteiger partial charge in [0.25, 0.3) is 0 Å². The summed E-state index contributed by atoms with van der Waals surface area (Å²) in [4.78, 5) is 26.4. The lowest BCUT2D eigenvalue weighted by atomic mass is 9.93. The summed E-state index contributed by atoms with van der Waals surface area (Å²) in [5.41, 5.74) is -0.498. The van der Waals surface area contributed by atoms with E-state index < -0.39 is 17.3 Å². The zero-order valence-electron chi connectivity index (χ0n) is 9.44. The largest absolute Gasteiger partial charge is 0.480 e. The lowest BCUT2D eigenvalue weighted by molar-refractivity contribution is -0.151. The van der Waals surface area contributed by atoms with Gasteiger partial charge in [-0.05, 0) is 32.4 Å². The van der Waals surface area contributed by atoms with Crippen molar-refractivity contribution in [2.75, 3.05) is 5.32 Å². The highest BCUT2D eigenvalue weighted by Crippen LogP contribution is 2.17. The lowest BCUT2D eigenvalue weighted by Gasteiger charge is -2.17. The molecule has 1 amide bonds. The van der Waals surface area contributed by atoms with Gasteiger partial charge in [-0.3, -0.25) is 9.59 Å². The maximum Gasteiger partial charge on any atom is 0.318 e. The first-order valence-electron chi connectivity index (χ1n) is 4.81. The van der Waals surface area contributed by atoms with E-state index in [0.29, 0.717) is 5.82 Å². The Morgan fingerprint density at radius 3 is 2.44 bits per heavy atom. The molecule has 0 spiro atoms. The molecular weight excluding hydrogens is 208 g/mol. The topological polar surface area (TPSA) is 79.3 Å². The SMILES string of the molecule is Cc1ccc(NC(=O)C(C)(C)C(=O)O)nc1. The molecule has 0 aromatic carbocycles. The summed E-state index contributed by atoms with van der Waals surface area (Å²) < 4.78 is 0. The van der Waals surface area contributed by atoms with Crippen molar-refractivity contribution in [3.8, 4) is 0 Å². The molecule has 0 aliphatic rings. The van der Waals surface area contributed by atoms with Crippen LogP contribution < -0.4 is 5.32 Å². The summed E-state index contributed by atoms with van der Waals surface area (Å²) in [6, 6.07) is 3.42. The Hall–Kier alpha value is -1.91. The van der Waals surface area contributed by atoms with E-state index in [0.717, 1.165) is 5.56 Å². The van der Waals surface area contributed by atoms with Gasteiger partial charge in [-0.15, -0.1) is 0 Å². The molecule has 0 atom stereocenters. The van der Waals surface area contributed by atoms with Crippen molar-refractivity contribution in [3.05, 3.63) is 23.9 Å². The van der Waals surface area contributed by atoms with Crippen molar-refractivity contribution < 1.29 is 14.7 Å². The first kappa shape index (κ1) is 12.2. The summed E-state index contributed by atoms with van der Waals surface area (Å²) in [5.74, 6) is -1.40. The summed E-state index contributed by atoms with van der Waals surface area (Å²) in [7, 11) is 0. The smallest absolute Gasteiger partial charge is 0.318 e. The molecule has 0 fully saturated rings. The Balaban J connectivity index is 2.79. The van der Waals surface area contributed by atoms with Gasteiger partial charge in [-0.1, -0.05) is 6.07 Å².